The number of aromatic nitrogens is 4. The Morgan fingerprint density at radius 3 is 2.63 bits per heavy atom. The Kier molecular flexibility index (Phi) is 13.6. The molecular weight excluding hydrogens is 815 g/mol. The van der Waals surface area contributed by atoms with Gasteiger partial charge in [0.05, 0.1) is 30.7 Å². The van der Waals surface area contributed by atoms with Gasteiger partial charge >= 0.3 is 6.09 Å². The number of amides is 4. The van der Waals surface area contributed by atoms with E-state index in [-0.39, 0.29) is 42.6 Å². The molecule has 3 fully saturated rings. The molecule has 0 spiro atoms. The normalized spacial score (nSPS) is 17.4. The Balaban J connectivity index is 0.727. The second-order valence-electron chi connectivity index (χ2n) is 15.7. The first-order valence-corrected chi connectivity index (χ1v) is 21.0. The highest BCUT2D eigenvalue weighted by molar-refractivity contribution is 6.03. The average molecular weight is 861 g/mol. The number of imide groups is 1. The summed E-state index contributed by atoms with van der Waals surface area (Å²) in [6, 6.07) is 17.6. The molecule has 2 aliphatic heterocycles. The number of hydrogen-bond acceptors (Lipinski definition) is 11. The Labute approximate surface area is 361 Å². The van der Waals surface area contributed by atoms with Crippen LogP contribution >= 0.6 is 0 Å². The summed E-state index contributed by atoms with van der Waals surface area (Å²) in [6.07, 6.45) is 6.50. The van der Waals surface area contributed by atoms with E-state index in [0.717, 1.165) is 54.1 Å². The lowest BCUT2D eigenvalue weighted by atomic mass is 10.0. The Hall–Kier alpha value is -6.77. The fourth-order valence-corrected chi connectivity index (χ4v) is 7.34. The number of piperidine rings is 1. The molecule has 0 bridgehead atoms. The summed E-state index contributed by atoms with van der Waals surface area (Å²) in [5.41, 5.74) is 4.00. The van der Waals surface area contributed by atoms with Crippen LogP contribution in [0.25, 0.3) is 17.1 Å². The van der Waals surface area contributed by atoms with Gasteiger partial charge in [0.1, 0.15) is 18.4 Å². The fourth-order valence-electron chi connectivity index (χ4n) is 7.34. The van der Waals surface area contributed by atoms with Crippen molar-refractivity contribution in [3.8, 4) is 29.0 Å². The van der Waals surface area contributed by atoms with Crippen molar-refractivity contribution in [2.24, 2.45) is 5.92 Å². The van der Waals surface area contributed by atoms with E-state index in [9.17, 15) is 28.0 Å². The minimum Gasteiger partial charge on any atom is -0.444 e. The maximum Gasteiger partial charge on any atom is 0.411 e. The van der Waals surface area contributed by atoms with Gasteiger partial charge in [0.2, 0.25) is 17.7 Å². The molecule has 1 saturated carbocycles. The van der Waals surface area contributed by atoms with Gasteiger partial charge < -0.3 is 24.5 Å². The van der Waals surface area contributed by atoms with Crippen molar-refractivity contribution in [2.75, 3.05) is 31.6 Å². The first kappa shape index (κ1) is 42.9. The van der Waals surface area contributed by atoms with Gasteiger partial charge in [-0.25, -0.2) is 23.2 Å². The van der Waals surface area contributed by atoms with Crippen LogP contribution in [0.3, 0.4) is 0 Å². The van der Waals surface area contributed by atoms with E-state index >= 15 is 0 Å². The van der Waals surface area contributed by atoms with Crippen molar-refractivity contribution in [3.63, 3.8) is 0 Å². The molecule has 5 heterocycles. The summed E-state index contributed by atoms with van der Waals surface area (Å²) >= 11 is 0. The molecule has 326 valence electrons. The zero-order chi connectivity index (χ0) is 43.7. The molecule has 17 heteroatoms. The summed E-state index contributed by atoms with van der Waals surface area (Å²) in [4.78, 5) is 59.3. The smallest absolute Gasteiger partial charge is 0.411 e. The number of rotatable bonds is 18. The molecule has 15 nitrogen and oxygen atoms in total. The molecule has 1 unspecified atom stereocenters. The van der Waals surface area contributed by atoms with E-state index in [1.165, 1.54) is 34.9 Å². The van der Waals surface area contributed by atoms with Crippen molar-refractivity contribution < 1.29 is 41.8 Å². The SMILES string of the molecule is O=C1CCC(N2C[C@H](c3ccc(C#CCCOCCCNCc4ccc(-n5cc(NC(=O)c6coc(-c7ccnc(CCC8CC8)c7)n6)c(C(F)F)n5)cc4)cc3)OC2=O)C(=O)N1. The quantitative estimate of drug-likeness (QED) is 0.0485. The highest BCUT2D eigenvalue weighted by Crippen LogP contribution is 2.34. The van der Waals surface area contributed by atoms with Crippen molar-refractivity contribution in [3.05, 3.63) is 113 Å². The number of hydrogen-bond donors (Lipinski definition) is 3. The molecule has 3 aromatic heterocycles. The van der Waals surface area contributed by atoms with Crippen LogP contribution in [0.5, 0.6) is 0 Å². The highest BCUT2D eigenvalue weighted by Gasteiger charge is 2.42. The Bertz CT molecular complexity index is 2490. The molecule has 3 N–H and O–H groups in total. The number of ether oxygens (including phenoxy) is 2. The van der Waals surface area contributed by atoms with E-state index in [1.807, 2.05) is 42.5 Å². The Morgan fingerprint density at radius 2 is 1.86 bits per heavy atom. The van der Waals surface area contributed by atoms with Crippen molar-refractivity contribution >= 4 is 29.5 Å². The van der Waals surface area contributed by atoms with Crippen LogP contribution in [-0.2, 0) is 32.0 Å². The molecule has 63 heavy (non-hydrogen) atoms. The number of alkyl halides is 2. The predicted octanol–water partition coefficient (Wildman–Crippen LogP) is 6.69. The van der Waals surface area contributed by atoms with E-state index in [0.29, 0.717) is 37.4 Å². The molecule has 2 saturated heterocycles. The maximum atomic E-state index is 14.0. The topological polar surface area (TPSA) is 183 Å². The van der Waals surface area contributed by atoms with Gasteiger partial charge in [0, 0.05) is 49.0 Å². The molecule has 0 radical (unpaired) electrons. The number of carbonyl (C=O) groups is 4. The zero-order valence-electron chi connectivity index (χ0n) is 34.4. The standard InChI is InChI=1S/C46H46F2N8O7/c47-42(48)41-36(51-43(58)37-28-62-45(52-37)33-19-21-50-34(24-33)14-9-30-5-6-30)26-56(54-41)35-15-10-31(11-16-35)25-49-20-3-23-61-22-2-1-4-29-7-12-32(13-8-29)39-27-55(46(60)63-39)38-17-18-40(57)53-44(38)59/h7-8,10-13,15-16,19,21,24,26,28,30,38-39,42,49H,2-3,5-6,9,14,17-18,20,22-23,25,27H2,(H,51,58)(H,53,57,59)/t38?,39-/m1/s1. The summed E-state index contributed by atoms with van der Waals surface area (Å²) in [5, 5.41) is 12.2. The number of carbonyl (C=O) groups excluding carboxylic acids is 4. The number of nitrogens with one attached hydrogen (secondary N) is 3. The number of halogens is 2. The molecular formula is C46H46F2N8O7. The summed E-state index contributed by atoms with van der Waals surface area (Å²) < 4.78 is 46.2. The molecule has 4 amide bonds. The van der Waals surface area contributed by atoms with Crippen LogP contribution < -0.4 is 16.0 Å². The predicted molar refractivity (Wildman–Crippen MR) is 224 cm³/mol. The average Bonchev–Trinajstić information content (AvgIpc) is 3.60. The van der Waals surface area contributed by atoms with Crippen LogP contribution in [0.15, 0.2) is 83.7 Å². The summed E-state index contributed by atoms with van der Waals surface area (Å²) in [5.74, 6) is 5.72. The van der Waals surface area contributed by atoms with E-state index in [2.05, 4.69) is 42.9 Å². The van der Waals surface area contributed by atoms with E-state index in [4.69, 9.17) is 13.9 Å². The van der Waals surface area contributed by atoms with Gasteiger partial charge in [-0.1, -0.05) is 48.9 Å². The highest BCUT2D eigenvalue weighted by atomic mass is 19.3. The minimum atomic E-state index is -2.93. The van der Waals surface area contributed by atoms with Gasteiger partial charge in [-0.15, -0.1) is 0 Å². The number of pyridine rings is 1. The molecule has 3 aliphatic rings. The lowest BCUT2D eigenvalue weighted by Crippen LogP contribution is -2.52. The number of nitrogens with zero attached hydrogens (tertiary/aromatic N) is 5. The largest absolute Gasteiger partial charge is 0.444 e. The first-order valence-electron chi connectivity index (χ1n) is 21.0. The molecule has 5 aromatic rings. The molecule has 2 atom stereocenters. The second kappa shape index (κ2) is 20.0. The molecule has 8 rings (SSSR count). The van der Waals surface area contributed by atoms with Crippen LogP contribution in [0.4, 0.5) is 19.3 Å². The second-order valence-corrected chi connectivity index (χ2v) is 15.7. The lowest BCUT2D eigenvalue weighted by molar-refractivity contribution is -0.136. The van der Waals surface area contributed by atoms with Crippen LogP contribution in [-0.4, -0.2) is 80.8 Å². The van der Waals surface area contributed by atoms with E-state index < -0.39 is 42.2 Å². The van der Waals surface area contributed by atoms with Crippen molar-refractivity contribution in [1.82, 2.24) is 35.3 Å². The number of anilines is 1. The molecule has 1 aliphatic carbocycles. The number of oxazole rings is 1. The fraction of sp³-hybridized carbons (Fsp3) is 0.370. The van der Waals surface area contributed by atoms with Gasteiger partial charge in [0.15, 0.2) is 11.4 Å². The van der Waals surface area contributed by atoms with Gasteiger partial charge in [-0.3, -0.25) is 29.6 Å². The van der Waals surface area contributed by atoms with E-state index in [1.54, 1.807) is 24.4 Å². The van der Waals surface area contributed by atoms with Crippen LogP contribution in [0.2, 0.25) is 0 Å². The molecule has 2 aromatic carbocycles. The first-order chi connectivity index (χ1) is 30.7. The van der Waals surface area contributed by atoms with Crippen molar-refractivity contribution in [1.29, 1.82) is 0 Å². The van der Waals surface area contributed by atoms with Gasteiger partial charge in [-0.2, -0.15) is 5.10 Å². The monoisotopic (exact) mass is 860 g/mol. The number of aryl methyl sites for hydroxylation is 1. The summed E-state index contributed by atoms with van der Waals surface area (Å²) in [7, 11) is 0. The minimum absolute atomic E-state index is 0.0515. The third kappa shape index (κ3) is 11.2. The van der Waals surface area contributed by atoms with Gasteiger partial charge in [-0.05, 0) is 85.7 Å². The third-order valence-electron chi connectivity index (χ3n) is 11.0. The number of benzene rings is 2. The maximum absolute atomic E-state index is 14.0. The summed E-state index contributed by atoms with van der Waals surface area (Å²) in [6.45, 7) is 2.59. The van der Waals surface area contributed by atoms with Crippen LogP contribution in [0, 0.1) is 17.8 Å². The van der Waals surface area contributed by atoms with Crippen LogP contribution in [0.1, 0.15) is 96.0 Å². The van der Waals surface area contributed by atoms with Crippen molar-refractivity contribution in [2.45, 2.75) is 76.5 Å². The zero-order valence-corrected chi connectivity index (χ0v) is 34.4. The third-order valence-corrected chi connectivity index (χ3v) is 11.0. The van der Waals surface area contributed by atoms with Gasteiger partial charge in [0.25, 0.3) is 12.3 Å². The lowest BCUT2D eigenvalue weighted by Gasteiger charge is -2.27. The Morgan fingerprint density at radius 1 is 1.03 bits per heavy atom. The number of cyclic esters (lactones) is 1.